The van der Waals surface area contributed by atoms with Crippen molar-refractivity contribution in [1.82, 2.24) is 19.6 Å². The van der Waals surface area contributed by atoms with Gasteiger partial charge in [-0.1, -0.05) is 24.9 Å². The second-order valence-corrected chi connectivity index (χ2v) is 6.85. The molecule has 3 rings (SSSR count). The van der Waals surface area contributed by atoms with Crippen molar-refractivity contribution in [2.45, 2.75) is 64.3 Å². The first-order valence-electron chi connectivity index (χ1n) is 9.41. The minimum absolute atomic E-state index is 0.174. The topological polar surface area (TPSA) is 64.2 Å². The fraction of sp³-hybridized carbons (Fsp3) is 0.632. The molecule has 0 aromatic carbocycles. The van der Waals surface area contributed by atoms with Gasteiger partial charge in [0.15, 0.2) is 5.82 Å². The van der Waals surface area contributed by atoms with Gasteiger partial charge in [0.05, 0.1) is 6.04 Å². The molecule has 0 saturated carbocycles. The second kappa shape index (κ2) is 8.32. The number of carbonyl (C=O) groups excluding carboxylic acids is 1. The van der Waals surface area contributed by atoms with Crippen LogP contribution in [-0.2, 0) is 24.7 Å². The summed E-state index contributed by atoms with van der Waals surface area (Å²) in [6.45, 7) is 2.92. The zero-order valence-electron chi connectivity index (χ0n) is 15.3. The first-order valence-corrected chi connectivity index (χ1v) is 9.41. The Hall–Kier alpha value is -2.11. The Balaban J connectivity index is 1.66. The number of hydrogen-bond acceptors (Lipinski definition) is 4. The van der Waals surface area contributed by atoms with Gasteiger partial charge in [-0.3, -0.25) is 4.79 Å². The first kappa shape index (κ1) is 17.7. The average Bonchev–Trinajstić information content (AvgIpc) is 3.15. The lowest BCUT2D eigenvalue weighted by Crippen LogP contribution is -2.35. The highest BCUT2D eigenvalue weighted by Crippen LogP contribution is 2.30. The molecule has 1 aliphatic rings. The maximum Gasteiger partial charge on any atom is 0.227 e. The van der Waals surface area contributed by atoms with E-state index in [0.29, 0.717) is 18.7 Å². The van der Waals surface area contributed by atoms with Crippen LogP contribution in [0.4, 0.5) is 0 Å². The highest BCUT2D eigenvalue weighted by Gasteiger charge is 2.28. The summed E-state index contributed by atoms with van der Waals surface area (Å²) >= 11 is 0. The van der Waals surface area contributed by atoms with Crippen LogP contribution in [0.25, 0.3) is 0 Å². The van der Waals surface area contributed by atoms with Crippen molar-refractivity contribution in [3.8, 4) is 0 Å². The fourth-order valence-corrected chi connectivity index (χ4v) is 3.61. The summed E-state index contributed by atoms with van der Waals surface area (Å²) in [5, 5.41) is 3.96. The SMILES string of the molecule is CCCc1noc(CCC(=O)N2CCCCCC2c2cccn2C)n1. The van der Waals surface area contributed by atoms with Crippen LogP contribution in [0.2, 0.25) is 0 Å². The summed E-state index contributed by atoms with van der Waals surface area (Å²) in [5.41, 5.74) is 1.22. The molecule has 1 atom stereocenters. The fourth-order valence-electron chi connectivity index (χ4n) is 3.61. The van der Waals surface area contributed by atoms with Crippen LogP contribution < -0.4 is 0 Å². The minimum atomic E-state index is 0.174. The third kappa shape index (κ3) is 4.30. The lowest BCUT2D eigenvalue weighted by atomic mass is 10.1. The Kier molecular flexibility index (Phi) is 5.89. The Bertz CT molecular complexity index is 691. The summed E-state index contributed by atoms with van der Waals surface area (Å²) < 4.78 is 7.39. The molecule has 1 aliphatic heterocycles. The van der Waals surface area contributed by atoms with Crippen molar-refractivity contribution in [1.29, 1.82) is 0 Å². The number of aryl methyl sites for hydroxylation is 3. The Morgan fingerprint density at radius 3 is 2.96 bits per heavy atom. The number of likely N-dealkylation sites (tertiary alicyclic amines) is 1. The van der Waals surface area contributed by atoms with Gasteiger partial charge in [-0.25, -0.2) is 0 Å². The van der Waals surface area contributed by atoms with E-state index in [1.54, 1.807) is 0 Å². The van der Waals surface area contributed by atoms with E-state index in [2.05, 4.69) is 51.9 Å². The maximum atomic E-state index is 12.9. The number of rotatable bonds is 6. The van der Waals surface area contributed by atoms with E-state index in [4.69, 9.17) is 4.52 Å². The molecule has 1 saturated heterocycles. The predicted molar refractivity (Wildman–Crippen MR) is 94.9 cm³/mol. The number of hydrogen-bond donors (Lipinski definition) is 0. The molecule has 2 aromatic heterocycles. The monoisotopic (exact) mass is 344 g/mol. The predicted octanol–water partition coefficient (Wildman–Crippen LogP) is 3.44. The van der Waals surface area contributed by atoms with Crippen LogP contribution in [0.1, 0.15) is 68.9 Å². The van der Waals surface area contributed by atoms with Gasteiger partial charge in [0.25, 0.3) is 0 Å². The van der Waals surface area contributed by atoms with Crippen LogP contribution in [-0.4, -0.2) is 32.1 Å². The molecule has 2 aromatic rings. The van der Waals surface area contributed by atoms with Gasteiger partial charge >= 0.3 is 0 Å². The molecular formula is C19H28N4O2. The molecule has 1 unspecified atom stereocenters. The van der Waals surface area contributed by atoms with Gasteiger partial charge in [-0.05, 0) is 31.4 Å². The van der Waals surface area contributed by atoms with Crippen LogP contribution in [0, 0.1) is 0 Å². The van der Waals surface area contributed by atoms with E-state index < -0.39 is 0 Å². The zero-order chi connectivity index (χ0) is 17.6. The molecule has 1 fully saturated rings. The molecular weight excluding hydrogens is 316 g/mol. The van der Waals surface area contributed by atoms with E-state index >= 15 is 0 Å². The van der Waals surface area contributed by atoms with Crippen LogP contribution >= 0.6 is 0 Å². The number of carbonyl (C=O) groups is 1. The van der Waals surface area contributed by atoms with E-state index in [1.165, 1.54) is 18.5 Å². The van der Waals surface area contributed by atoms with Crippen LogP contribution in [0.15, 0.2) is 22.9 Å². The number of aromatic nitrogens is 3. The lowest BCUT2D eigenvalue weighted by Gasteiger charge is -2.30. The third-order valence-electron chi connectivity index (χ3n) is 4.93. The van der Waals surface area contributed by atoms with E-state index in [-0.39, 0.29) is 11.9 Å². The van der Waals surface area contributed by atoms with Crippen molar-refractivity contribution in [3.63, 3.8) is 0 Å². The summed E-state index contributed by atoms with van der Waals surface area (Å²) in [6.07, 6.45) is 9.28. The molecule has 0 aliphatic carbocycles. The molecule has 6 heteroatoms. The minimum Gasteiger partial charge on any atom is -0.353 e. The van der Waals surface area contributed by atoms with Gasteiger partial charge in [-0.15, -0.1) is 0 Å². The molecule has 136 valence electrons. The Morgan fingerprint density at radius 2 is 2.20 bits per heavy atom. The molecule has 0 spiro atoms. The third-order valence-corrected chi connectivity index (χ3v) is 4.93. The van der Waals surface area contributed by atoms with Crippen molar-refractivity contribution < 1.29 is 9.32 Å². The average molecular weight is 344 g/mol. The Morgan fingerprint density at radius 1 is 1.32 bits per heavy atom. The number of nitrogens with zero attached hydrogens (tertiary/aromatic N) is 4. The van der Waals surface area contributed by atoms with Gasteiger partial charge in [0.2, 0.25) is 11.8 Å². The van der Waals surface area contributed by atoms with Gasteiger partial charge < -0.3 is 14.0 Å². The quantitative estimate of drug-likeness (QED) is 0.805. The summed E-state index contributed by atoms with van der Waals surface area (Å²) in [6, 6.07) is 4.36. The van der Waals surface area contributed by atoms with E-state index in [0.717, 1.165) is 38.1 Å². The molecule has 6 nitrogen and oxygen atoms in total. The van der Waals surface area contributed by atoms with Gasteiger partial charge in [0, 0.05) is 44.7 Å². The highest BCUT2D eigenvalue weighted by atomic mass is 16.5. The lowest BCUT2D eigenvalue weighted by molar-refractivity contribution is -0.133. The van der Waals surface area contributed by atoms with E-state index in [1.807, 2.05) is 0 Å². The van der Waals surface area contributed by atoms with Crippen molar-refractivity contribution in [2.75, 3.05) is 6.54 Å². The maximum absolute atomic E-state index is 12.9. The van der Waals surface area contributed by atoms with Gasteiger partial charge in [-0.2, -0.15) is 4.98 Å². The number of amides is 1. The zero-order valence-corrected chi connectivity index (χ0v) is 15.3. The molecule has 0 bridgehead atoms. The molecule has 0 N–H and O–H groups in total. The first-order chi connectivity index (χ1) is 12.2. The van der Waals surface area contributed by atoms with Gasteiger partial charge in [0.1, 0.15) is 0 Å². The summed E-state index contributed by atoms with van der Waals surface area (Å²) in [7, 11) is 2.05. The van der Waals surface area contributed by atoms with Crippen molar-refractivity contribution in [3.05, 3.63) is 35.7 Å². The molecule has 0 radical (unpaired) electrons. The van der Waals surface area contributed by atoms with Crippen molar-refractivity contribution in [2.24, 2.45) is 7.05 Å². The second-order valence-electron chi connectivity index (χ2n) is 6.85. The van der Waals surface area contributed by atoms with E-state index in [9.17, 15) is 4.79 Å². The normalized spacial score (nSPS) is 18.3. The largest absolute Gasteiger partial charge is 0.353 e. The summed E-state index contributed by atoms with van der Waals surface area (Å²) in [5.74, 6) is 1.49. The molecule has 1 amide bonds. The standard InChI is InChI=1S/C19H28N4O2/c1-3-8-17-20-18(25-21-17)11-12-19(24)23-14-6-4-5-9-16(23)15-10-7-13-22(15)2/h7,10,13,16H,3-6,8-9,11-12,14H2,1-2H3. The van der Waals surface area contributed by atoms with Crippen LogP contribution in [0.5, 0.6) is 0 Å². The summed E-state index contributed by atoms with van der Waals surface area (Å²) in [4.78, 5) is 19.3. The van der Waals surface area contributed by atoms with Crippen molar-refractivity contribution >= 4 is 5.91 Å². The van der Waals surface area contributed by atoms with Crippen LogP contribution in [0.3, 0.4) is 0 Å². The Labute approximate surface area is 149 Å². The molecule has 25 heavy (non-hydrogen) atoms. The highest BCUT2D eigenvalue weighted by molar-refractivity contribution is 5.76. The smallest absolute Gasteiger partial charge is 0.227 e. The molecule has 3 heterocycles.